The van der Waals surface area contributed by atoms with Gasteiger partial charge in [-0.05, 0) is 12.1 Å². The van der Waals surface area contributed by atoms with E-state index in [9.17, 15) is 9.59 Å². The number of aldehydes is 1. The van der Waals surface area contributed by atoms with Crippen LogP contribution in [0.25, 0.3) is 0 Å². The van der Waals surface area contributed by atoms with Crippen molar-refractivity contribution in [2.45, 2.75) is 0 Å². The normalized spacial score (nSPS) is 10.8. The van der Waals surface area contributed by atoms with Gasteiger partial charge >= 0.3 is 5.97 Å². The Bertz CT molecular complexity index is 357. The zero-order valence-corrected chi connectivity index (χ0v) is 7.90. The number of halogens is 1. The van der Waals surface area contributed by atoms with Crippen molar-refractivity contribution < 1.29 is 14.3 Å². The molecule has 0 aliphatic heterocycles. The molecule has 0 saturated heterocycles. The Morgan fingerprint density at radius 1 is 1.29 bits per heavy atom. The topological polar surface area (TPSA) is 43.4 Å². The quantitative estimate of drug-likeness (QED) is 0.332. The Morgan fingerprint density at radius 3 is 2.50 bits per heavy atom. The van der Waals surface area contributed by atoms with E-state index in [2.05, 4.69) is 4.74 Å². The summed E-state index contributed by atoms with van der Waals surface area (Å²) in [5.74, 6) is -0.550. The Kier molecular flexibility index (Phi) is 3.88. The number of rotatable bonds is 3. The minimum Gasteiger partial charge on any atom is -0.429 e. The largest absolute Gasteiger partial charge is 0.429 e. The summed E-state index contributed by atoms with van der Waals surface area (Å²) in [6.45, 7) is 0. The maximum Gasteiger partial charge on any atom is 0.342 e. The van der Waals surface area contributed by atoms with Gasteiger partial charge in [0.05, 0.1) is 5.56 Å². The molecule has 0 bridgehead atoms. The fraction of sp³-hybridized carbons (Fsp3) is 0. The monoisotopic (exact) mass is 210 g/mol. The molecule has 3 nitrogen and oxygen atoms in total. The molecule has 0 N–H and O–H groups in total. The van der Waals surface area contributed by atoms with Gasteiger partial charge < -0.3 is 4.74 Å². The zero-order chi connectivity index (χ0) is 10.4. The van der Waals surface area contributed by atoms with Gasteiger partial charge in [0.1, 0.15) is 11.3 Å². The minimum absolute atomic E-state index is 0.158. The molecule has 0 heterocycles. The van der Waals surface area contributed by atoms with Crippen molar-refractivity contribution in [2.24, 2.45) is 0 Å². The smallest absolute Gasteiger partial charge is 0.342 e. The lowest BCUT2D eigenvalue weighted by molar-refractivity contribution is -0.104. The van der Waals surface area contributed by atoms with E-state index in [-0.39, 0.29) is 5.03 Å². The Labute approximate surface area is 85.9 Å². The molecular weight excluding hydrogens is 204 g/mol. The first kappa shape index (κ1) is 10.5. The Hall–Kier alpha value is -1.61. The number of ether oxygens (including phenoxy) is 1. The van der Waals surface area contributed by atoms with E-state index in [0.717, 1.165) is 6.26 Å². The average molecular weight is 211 g/mol. The van der Waals surface area contributed by atoms with Gasteiger partial charge in [0, 0.05) is 0 Å². The molecule has 1 aromatic carbocycles. The number of esters is 1. The third-order valence-corrected chi connectivity index (χ3v) is 1.58. The van der Waals surface area contributed by atoms with Crippen molar-refractivity contribution in [1.82, 2.24) is 0 Å². The second-order valence-electron chi connectivity index (χ2n) is 2.39. The van der Waals surface area contributed by atoms with E-state index in [1.807, 2.05) is 0 Å². The first-order valence-electron chi connectivity index (χ1n) is 3.81. The third-order valence-electron chi connectivity index (χ3n) is 1.40. The van der Waals surface area contributed by atoms with Crippen LogP contribution in [0.5, 0.6) is 0 Å². The molecule has 0 aliphatic rings. The molecule has 0 aliphatic carbocycles. The van der Waals surface area contributed by atoms with Crippen molar-refractivity contribution >= 4 is 23.9 Å². The van der Waals surface area contributed by atoms with Crippen LogP contribution in [0.3, 0.4) is 0 Å². The molecule has 0 unspecified atom stereocenters. The van der Waals surface area contributed by atoms with Gasteiger partial charge in [0.25, 0.3) is 0 Å². The predicted octanol–water partition coefficient (Wildman–Crippen LogP) is 2.12. The van der Waals surface area contributed by atoms with E-state index in [4.69, 9.17) is 11.6 Å². The maximum absolute atomic E-state index is 11.2. The summed E-state index contributed by atoms with van der Waals surface area (Å²) in [5, 5.41) is -0.158. The average Bonchev–Trinajstić information content (AvgIpc) is 2.26. The van der Waals surface area contributed by atoms with Gasteiger partial charge in [-0.15, -0.1) is 0 Å². The molecule has 0 atom stereocenters. The molecule has 0 spiro atoms. The van der Waals surface area contributed by atoms with Gasteiger partial charge in [-0.2, -0.15) is 0 Å². The van der Waals surface area contributed by atoms with Crippen LogP contribution in [-0.2, 0) is 9.53 Å². The highest BCUT2D eigenvalue weighted by atomic mass is 35.5. The van der Waals surface area contributed by atoms with Crippen molar-refractivity contribution in [3.05, 3.63) is 47.2 Å². The van der Waals surface area contributed by atoms with Crippen molar-refractivity contribution in [1.29, 1.82) is 0 Å². The van der Waals surface area contributed by atoms with Gasteiger partial charge in [0.15, 0.2) is 6.29 Å². The van der Waals surface area contributed by atoms with Crippen LogP contribution in [0, 0.1) is 0 Å². The van der Waals surface area contributed by atoms with Crippen molar-refractivity contribution in [3.63, 3.8) is 0 Å². The lowest BCUT2D eigenvalue weighted by atomic mass is 10.2. The van der Waals surface area contributed by atoms with Crippen LogP contribution in [0.15, 0.2) is 41.6 Å². The molecule has 72 valence electrons. The number of hydrogen-bond acceptors (Lipinski definition) is 3. The molecule has 0 aromatic heterocycles. The zero-order valence-electron chi connectivity index (χ0n) is 7.14. The standard InChI is InChI=1S/C10H7ClO3/c11-9(6-12)7-14-10(13)8-4-2-1-3-5-8/h1-7H/b9-7+. The molecular formula is C10H7ClO3. The van der Waals surface area contributed by atoms with Crippen LogP contribution in [0.4, 0.5) is 0 Å². The third kappa shape index (κ3) is 3.03. The highest BCUT2D eigenvalue weighted by molar-refractivity contribution is 6.38. The molecule has 1 aromatic rings. The molecule has 0 fully saturated rings. The second kappa shape index (κ2) is 5.19. The van der Waals surface area contributed by atoms with E-state index < -0.39 is 5.97 Å². The van der Waals surface area contributed by atoms with E-state index >= 15 is 0 Å². The minimum atomic E-state index is -0.550. The summed E-state index contributed by atoms with van der Waals surface area (Å²) >= 11 is 5.31. The second-order valence-corrected chi connectivity index (χ2v) is 2.83. The number of benzene rings is 1. The first-order chi connectivity index (χ1) is 6.74. The summed E-state index contributed by atoms with van der Waals surface area (Å²) in [6.07, 6.45) is 1.30. The van der Waals surface area contributed by atoms with Crippen LogP contribution >= 0.6 is 11.6 Å². The van der Waals surface area contributed by atoms with Crippen LogP contribution in [0.2, 0.25) is 0 Å². The Balaban J connectivity index is 2.65. The highest BCUT2D eigenvalue weighted by Crippen LogP contribution is 2.03. The summed E-state index contributed by atoms with van der Waals surface area (Å²) < 4.78 is 4.62. The van der Waals surface area contributed by atoms with Crippen LogP contribution < -0.4 is 0 Å². The van der Waals surface area contributed by atoms with E-state index in [1.54, 1.807) is 30.3 Å². The summed E-state index contributed by atoms with van der Waals surface area (Å²) in [7, 11) is 0. The number of carbonyl (C=O) groups is 2. The van der Waals surface area contributed by atoms with Gasteiger partial charge in [-0.25, -0.2) is 4.79 Å². The fourth-order valence-electron chi connectivity index (χ4n) is 0.780. The van der Waals surface area contributed by atoms with Gasteiger partial charge in [-0.3, -0.25) is 4.79 Å². The van der Waals surface area contributed by atoms with E-state index in [0.29, 0.717) is 11.8 Å². The molecule has 14 heavy (non-hydrogen) atoms. The predicted molar refractivity (Wildman–Crippen MR) is 51.9 cm³/mol. The lowest BCUT2D eigenvalue weighted by Gasteiger charge is -1.97. The SMILES string of the molecule is O=C/C(Cl)=C\OC(=O)c1ccccc1. The van der Waals surface area contributed by atoms with Gasteiger partial charge in [0.2, 0.25) is 0 Å². The lowest BCUT2D eigenvalue weighted by Crippen LogP contribution is -2.00. The molecule has 4 heteroatoms. The highest BCUT2D eigenvalue weighted by Gasteiger charge is 2.03. The van der Waals surface area contributed by atoms with E-state index in [1.165, 1.54) is 0 Å². The maximum atomic E-state index is 11.2. The first-order valence-corrected chi connectivity index (χ1v) is 4.18. The molecule has 0 amide bonds. The number of carbonyl (C=O) groups excluding carboxylic acids is 2. The van der Waals surface area contributed by atoms with Crippen LogP contribution in [0.1, 0.15) is 10.4 Å². The summed E-state index contributed by atoms with van der Waals surface area (Å²) in [5.41, 5.74) is 0.402. The van der Waals surface area contributed by atoms with Crippen molar-refractivity contribution in [3.8, 4) is 0 Å². The number of allylic oxidation sites excluding steroid dienone is 1. The molecule has 1 rings (SSSR count). The molecule has 0 radical (unpaired) electrons. The van der Waals surface area contributed by atoms with Gasteiger partial charge in [-0.1, -0.05) is 29.8 Å². The fourth-order valence-corrected chi connectivity index (χ4v) is 0.824. The Morgan fingerprint density at radius 2 is 1.93 bits per heavy atom. The summed E-state index contributed by atoms with van der Waals surface area (Å²) in [4.78, 5) is 21.3. The van der Waals surface area contributed by atoms with Crippen LogP contribution in [-0.4, -0.2) is 12.3 Å². The summed E-state index contributed by atoms with van der Waals surface area (Å²) in [6, 6.07) is 8.41. The molecule has 0 saturated carbocycles. The van der Waals surface area contributed by atoms with Crippen molar-refractivity contribution in [2.75, 3.05) is 0 Å². The number of hydrogen-bond donors (Lipinski definition) is 0.